The minimum absolute atomic E-state index is 0.289. The van der Waals surface area contributed by atoms with Gasteiger partial charge in [-0.05, 0) is 18.2 Å². The molecule has 0 aromatic heterocycles. The zero-order chi connectivity index (χ0) is 12.8. The van der Waals surface area contributed by atoms with E-state index in [1.54, 1.807) is 26.0 Å². The fourth-order valence-electron chi connectivity index (χ4n) is 1.82. The number of thioether (sulfide) groups is 1. The van der Waals surface area contributed by atoms with Crippen molar-refractivity contribution in [3.8, 4) is 11.5 Å². The van der Waals surface area contributed by atoms with Gasteiger partial charge in [0, 0.05) is 23.7 Å². The summed E-state index contributed by atoms with van der Waals surface area (Å²) >= 11 is 1.78. The van der Waals surface area contributed by atoms with E-state index in [1.165, 1.54) is 4.90 Å². The van der Waals surface area contributed by atoms with Crippen molar-refractivity contribution in [2.24, 2.45) is 0 Å². The molecule has 1 saturated heterocycles. The zero-order valence-corrected chi connectivity index (χ0v) is 11.6. The first-order valence-electron chi connectivity index (χ1n) is 6.00. The molecule has 1 aliphatic rings. The molecule has 1 heterocycles. The molecule has 100 valence electrons. The Hall–Kier alpha value is -0.910. The SMILES string of the molecule is COc1ccc(SCC2CNCCO2)cc1OC. The van der Waals surface area contributed by atoms with Crippen LogP contribution >= 0.6 is 11.8 Å². The minimum atomic E-state index is 0.289. The topological polar surface area (TPSA) is 39.7 Å². The van der Waals surface area contributed by atoms with Gasteiger partial charge in [0.05, 0.1) is 26.9 Å². The molecule has 1 atom stereocenters. The Labute approximate surface area is 112 Å². The molecule has 18 heavy (non-hydrogen) atoms. The number of rotatable bonds is 5. The van der Waals surface area contributed by atoms with Gasteiger partial charge in [-0.2, -0.15) is 0 Å². The van der Waals surface area contributed by atoms with E-state index in [2.05, 4.69) is 5.32 Å². The molecular formula is C13H19NO3S. The molecule has 2 rings (SSSR count). The van der Waals surface area contributed by atoms with Gasteiger partial charge in [-0.3, -0.25) is 0 Å². The van der Waals surface area contributed by atoms with Crippen LogP contribution in [0.1, 0.15) is 0 Å². The lowest BCUT2D eigenvalue weighted by molar-refractivity contribution is 0.0441. The van der Waals surface area contributed by atoms with Crippen LogP contribution in [-0.2, 0) is 4.74 Å². The summed E-state index contributed by atoms with van der Waals surface area (Å²) in [6.45, 7) is 2.69. The fraction of sp³-hybridized carbons (Fsp3) is 0.538. The second-order valence-corrected chi connectivity index (χ2v) is 5.12. The predicted molar refractivity (Wildman–Crippen MR) is 72.9 cm³/mol. The van der Waals surface area contributed by atoms with Crippen molar-refractivity contribution in [1.82, 2.24) is 5.32 Å². The Kier molecular flexibility index (Phi) is 5.16. The first-order chi connectivity index (χ1) is 8.83. The monoisotopic (exact) mass is 269 g/mol. The third-order valence-electron chi connectivity index (χ3n) is 2.80. The number of benzene rings is 1. The lowest BCUT2D eigenvalue weighted by atomic mass is 10.3. The Bertz CT molecular complexity index is 380. The van der Waals surface area contributed by atoms with Crippen LogP contribution in [0.3, 0.4) is 0 Å². The number of ether oxygens (including phenoxy) is 3. The molecule has 1 aliphatic heterocycles. The summed E-state index contributed by atoms with van der Waals surface area (Å²) < 4.78 is 16.2. The number of nitrogens with one attached hydrogen (secondary N) is 1. The van der Waals surface area contributed by atoms with Gasteiger partial charge in [0.15, 0.2) is 11.5 Å². The maximum absolute atomic E-state index is 5.66. The van der Waals surface area contributed by atoms with Crippen LogP contribution in [-0.4, -0.2) is 45.8 Å². The Balaban J connectivity index is 1.92. The molecule has 0 radical (unpaired) electrons. The van der Waals surface area contributed by atoms with Gasteiger partial charge in [-0.1, -0.05) is 0 Å². The molecule has 0 saturated carbocycles. The molecule has 1 unspecified atom stereocenters. The molecule has 1 fully saturated rings. The van der Waals surface area contributed by atoms with E-state index >= 15 is 0 Å². The summed E-state index contributed by atoms with van der Waals surface area (Å²) in [6.07, 6.45) is 0.289. The highest BCUT2D eigenvalue weighted by atomic mass is 32.2. The smallest absolute Gasteiger partial charge is 0.161 e. The molecule has 0 bridgehead atoms. The molecule has 0 aliphatic carbocycles. The van der Waals surface area contributed by atoms with Crippen molar-refractivity contribution < 1.29 is 14.2 Å². The molecule has 0 amide bonds. The number of hydrogen-bond acceptors (Lipinski definition) is 5. The normalized spacial score (nSPS) is 19.6. The van der Waals surface area contributed by atoms with Gasteiger partial charge in [-0.25, -0.2) is 0 Å². The molecule has 1 N–H and O–H groups in total. The number of methoxy groups -OCH3 is 2. The van der Waals surface area contributed by atoms with Crippen molar-refractivity contribution in [1.29, 1.82) is 0 Å². The summed E-state index contributed by atoms with van der Waals surface area (Å²) in [5.41, 5.74) is 0. The second kappa shape index (κ2) is 6.87. The summed E-state index contributed by atoms with van der Waals surface area (Å²) in [6, 6.07) is 5.98. The highest BCUT2D eigenvalue weighted by molar-refractivity contribution is 7.99. The van der Waals surface area contributed by atoms with Gasteiger partial charge >= 0.3 is 0 Å². The van der Waals surface area contributed by atoms with Crippen molar-refractivity contribution >= 4 is 11.8 Å². The largest absolute Gasteiger partial charge is 0.493 e. The lowest BCUT2D eigenvalue weighted by Gasteiger charge is -2.23. The van der Waals surface area contributed by atoms with E-state index in [4.69, 9.17) is 14.2 Å². The van der Waals surface area contributed by atoms with Crippen LogP contribution in [0.5, 0.6) is 11.5 Å². The van der Waals surface area contributed by atoms with Gasteiger partial charge in [0.2, 0.25) is 0 Å². The van der Waals surface area contributed by atoms with E-state index in [1.807, 2.05) is 18.2 Å². The van der Waals surface area contributed by atoms with E-state index in [0.717, 1.165) is 36.9 Å². The average Bonchev–Trinajstić information content (AvgIpc) is 2.45. The number of morpholine rings is 1. The van der Waals surface area contributed by atoms with Crippen molar-refractivity contribution in [3.63, 3.8) is 0 Å². The molecule has 4 nitrogen and oxygen atoms in total. The summed E-state index contributed by atoms with van der Waals surface area (Å²) in [4.78, 5) is 1.17. The molecule has 0 spiro atoms. The third kappa shape index (κ3) is 3.54. The van der Waals surface area contributed by atoms with E-state index in [9.17, 15) is 0 Å². The Morgan fingerprint density at radius 3 is 2.83 bits per heavy atom. The average molecular weight is 269 g/mol. The van der Waals surface area contributed by atoms with Crippen LogP contribution in [0.15, 0.2) is 23.1 Å². The van der Waals surface area contributed by atoms with Gasteiger partial charge in [-0.15, -0.1) is 11.8 Å². The molecule has 1 aromatic carbocycles. The highest BCUT2D eigenvalue weighted by Crippen LogP contribution is 2.32. The van der Waals surface area contributed by atoms with Crippen LogP contribution in [0.2, 0.25) is 0 Å². The van der Waals surface area contributed by atoms with Crippen molar-refractivity contribution in [2.75, 3.05) is 39.7 Å². The first-order valence-corrected chi connectivity index (χ1v) is 6.99. The molecule has 1 aromatic rings. The van der Waals surface area contributed by atoms with Crippen LogP contribution in [0, 0.1) is 0 Å². The van der Waals surface area contributed by atoms with Crippen LogP contribution in [0.4, 0.5) is 0 Å². The van der Waals surface area contributed by atoms with Gasteiger partial charge in [0.1, 0.15) is 0 Å². The van der Waals surface area contributed by atoms with E-state index in [0.29, 0.717) is 0 Å². The standard InChI is InChI=1S/C13H19NO3S/c1-15-12-4-3-11(7-13(12)16-2)18-9-10-8-14-5-6-17-10/h3-4,7,10,14H,5-6,8-9H2,1-2H3. The third-order valence-corrected chi connectivity index (χ3v) is 3.92. The molecular weight excluding hydrogens is 250 g/mol. The first kappa shape index (κ1) is 13.5. The van der Waals surface area contributed by atoms with Gasteiger partial charge < -0.3 is 19.5 Å². The molecule has 5 heteroatoms. The van der Waals surface area contributed by atoms with Crippen molar-refractivity contribution in [3.05, 3.63) is 18.2 Å². The predicted octanol–water partition coefficient (Wildman–Crippen LogP) is 1.78. The van der Waals surface area contributed by atoms with E-state index in [-0.39, 0.29) is 6.10 Å². The lowest BCUT2D eigenvalue weighted by Crippen LogP contribution is -2.39. The zero-order valence-electron chi connectivity index (χ0n) is 10.8. The summed E-state index contributed by atoms with van der Waals surface area (Å²) in [5, 5.41) is 3.33. The van der Waals surface area contributed by atoms with E-state index < -0.39 is 0 Å². The maximum Gasteiger partial charge on any atom is 0.161 e. The Morgan fingerprint density at radius 1 is 1.33 bits per heavy atom. The Morgan fingerprint density at radius 2 is 2.17 bits per heavy atom. The minimum Gasteiger partial charge on any atom is -0.493 e. The van der Waals surface area contributed by atoms with Crippen LogP contribution < -0.4 is 14.8 Å². The highest BCUT2D eigenvalue weighted by Gasteiger charge is 2.14. The van der Waals surface area contributed by atoms with Crippen molar-refractivity contribution in [2.45, 2.75) is 11.0 Å². The fourth-order valence-corrected chi connectivity index (χ4v) is 2.77. The second-order valence-electron chi connectivity index (χ2n) is 4.02. The number of hydrogen-bond donors (Lipinski definition) is 1. The van der Waals surface area contributed by atoms with Crippen LogP contribution in [0.25, 0.3) is 0 Å². The quantitative estimate of drug-likeness (QED) is 0.825. The summed E-state index contributed by atoms with van der Waals surface area (Å²) in [7, 11) is 3.30. The van der Waals surface area contributed by atoms with Gasteiger partial charge in [0.25, 0.3) is 0 Å². The summed E-state index contributed by atoms with van der Waals surface area (Å²) in [5.74, 6) is 2.48. The maximum atomic E-state index is 5.66.